The summed E-state index contributed by atoms with van der Waals surface area (Å²) in [4.78, 5) is 47.8. The second-order valence-corrected chi connectivity index (χ2v) is 8.11. The van der Waals surface area contributed by atoms with E-state index in [1.165, 1.54) is 53.8 Å². The van der Waals surface area contributed by atoms with Crippen molar-refractivity contribution < 1.29 is 18.8 Å². The lowest BCUT2D eigenvalue weighted by atomic mass is 10.1. The van der Waals surface area contributed by atoms with Crippen molar-refractivity contribution in [3.8, 4) is 10.6 Å². The summed E-state index contributed by atoms with van der Waals surface area (Å²) in [5.41, 5.74) is 2.43. The molecular formula is C24H15FN4O3S. The van der Waals surface area contributed by atoms with Crippen LogP contribution in [0.5, 0.6) is 0 Å². The molecule has 0 saturated carbocycles. The van der Waals surface area contributed by atoms with Crippen molar-refractivity contribution in [2.45, 2.75) is 6.54 Å². The number of thiazole rings is 1. The first-order valence-electron chi connectivity index (χ1n) is 9.92. The fraction of sp³-hybridized carbons (Fsp3) is 0.0417. The van der Waals surface area contributed by atoms with Gasteiger partial charge in [0.05, 0.1) is 29.1 Å². The minimum atomic E-state index is -0.558. The third-order valence-corrected chi connectivity index (χ3v) is 6.06. The standard InChI is InChI=1S/C24H15FN4O3S/c25-16-4-6-18(7-5-16)29-23(31)19-8-3-14(10-20(19)24(29)32)21(30)27-12-17-13-33-22(28-17)15-2-1-9-26-11-15/h1-11,13H,12H2,(H,27,30). The van der Waals surface area contributed by atoms with Crippen LogP contribution in [0.2, 0.25) is 0 Å². The van der Waals surface area contributed by atoms with Crippen molar-refractivity contribution in [3.63, 3.8) is 0 Å². The largest absolute Gasteiger partial charge is 0.346 e. The first-order valence-corrected chi connectivity index (χ1v) is 10.8. The van der Waals surface area contributed by atoms with E-state index in [9.17, 15) is 18.8 Å². The van der Waals surface area contributed by atoms with E-state index in [1.807, 2.05) is 17.5 Å². The average Bonchev–Trinajstić information content (AvgIpc) is 3.42. The molecule has 33 heavy (non-hydrogen) atoms. The molecule has 3 amide bonds. The summed E-state index contributed by atoms with van der Waals surface area (Å²) >= 11 is 1.45. The van der Waals surface area contributed by atoms with Crippen LogP contribution in [0.15, 0.2) is 72.4 Å². The number of benzene rings is 2. The summed E-state index contributed by atoms with van der Waals surface area (Å²) in [7, 11) is 0. The second-order valence-electron chi connectivity index (χ2n) is 7.25. The summed E-state index contributed by atoms with van der Waals surface area (Å²) < 4.78 is 13.2. The summed E-state index contributed by atoms with van der Waals surface area (Å²) in [6.07, 6.45) is 3.41. The molecule has 0 saturated heterocycles. The van der Waals surface area contributed by atoms with Gasteiger partial charge in [-0.2, -0.15) is 0 Å². The van der Waals surface area contributed by atoms with Gasteiger partial charge in [-0.3, -0.25) is 19.4 Å². The number of halogens is 1. The first kappa shape index (κ1) is 20.7. The molecule has 9 heteroatoms. The van der Waals surface area contributed by atoms with E-state index in [0.717, 1.165) is 15.5 Å². The Kier molecular flexibility index (Phi) is 5.23. The highest BCUT2D eigenvalue weighted by Gasteiger charge is 2.37. The van der Waals surface area contributed by atoms with Crippen LogP contribution in [-0.2, 0) is 6.54 Å². The Morgan fingerprint density at radius 1 is 1.03 bits per heavy atom. The Labute approximate surface area is 191 Å². The van der Waals surface area contributed by atoms with Crippen molar-refractivity contribution in [3.05, 3.63) is 101 Å². The Morgan fingerprint density at radius 3 is 2.58 bits per heavy atom. The highest BCUT2D eigenvalue weighted by molar-refractivity contribution is 7.13. The van der Waals surface area contributed by atoms with Gasteiger partial charge in [-0.25, -0.2) is 14.3 Å². The van der Waals surface area contributed by atoms with Gasteiger partial charge in [0.25, 0.3) is 17.7 Å². The molecular weight excluding hydrogens is 443 g/mol. The zero-order valence-corrected chi connectivity index (χ0v) is 17.8. The number of aromatic nitrogens is 2. The Hall–Kier alpha value is -4.24. The van der Waals surface area contributed by atoms with E-state index >= 15 is 0 Å². The van der Waals surface area contributed by atoms with Crippen LogP contribution in [0.3, 0.4) is 0 Å². The van der Waals surface area contributed by atoms with E-state index in [2.05, 4.69) is 15.3 Å². The van der Waals surface area contributed by atoms with Crippen LogP contribution in [0.25, 0.3) is 10.6 Å². The molecule has 7 nitrogen and oxygen atoms in total. The SMILES string of the molecule is O=C(NCc1csc(-c2cccnc2)n1)c1ccc2c(c1)C(=O)N(c1ccc(F)cc1)C2=O. The number of amides is 3. The predicted octanol–water partition coefficient (Wildman–Crippen LogP) is 4.07. The Morgan fingerprint density at radius 2 is 1.82 bits per heavy atom. The van der Waals surface area contributed by atoms with E-state index in [1.54, 1.807) is 12.4 Å². The van der Waals surface area contributed by atoms with Crippen LogP contribution in [0, 0.1) is 5.82 Å². The number of anilines is 1. The fourth-order valence-electron chi connectivity index (χ4n) is 3.49. The Bertz CT molecular complexity index is 1390. The lowest BCUT2D eigenvalue weighted by molar-refractivity contribution is 0.0923. The number of nitrogens with zero attached hydrogens (tertiary/aromatic N) is 3. The Balaban J connectivity index is 1.31. The van der Waals surface area contributed by atoms with Crippen LogP contribution < -0.4 is 10.2 Å². The minimum absolute atomic E-state index is 0.129. The predicted molar refractivity (Wildman–Crippen MR) is 120 cm³/mol. The van der Waals surface area contributed by atoms with Crippen LogP contribution in [0.4, 0.5) is 10.1 Å². The summed E-state index contributed by atoms with van der Waals surface area (Å²) in [6.45, 7) is 0.210. The molecule has 0 bridgehead atoms. The number of carbonyl (C=O) groups is 3. The van der Waals surface area contributed by atoms with Gasteiger partial charge in [0.1, 0.15) is 10.8 Å². The van der Waals surface area contributed by atoms with Gasteiger partial charge >= 0.3 is 0 Å². The maximum Gasteiger partial charge on any atom is 0.266 e. The molecule has 0 atom stereocenters. The number of pyridine rings is 1. The number of nitrogens with one attached hydrogen (secondary N) is 1. The van der Waals surface area contributed by atoms with Gasteiger partial charge in [0, 0.05) is 28.9 Å². The normalized spacial score (nSPS) is 12.7. The highest BCUT2D eigenvalue weighted by Crippen LogP contribution is 2.29. The third kappa shape index (κ3) is 3.90. The average molecular weight is 458 g/mol. The number of carbonyl (C=O) groups excluding carboxylic acids is 3. The van der Waals surface area contributed by atoms with Crippen LogP contribution in [0.1, 0.15) is 36.8 Å². The molecule has 0 unspecified atom stereocenters. The maximum atomic E-state index is 13.2. The fourth-order valence-corrected chi connectivity index (χ4v) is 4.30. The van der Waals surface area contributed by atoms with Gasteiger partial charge in [-0.15, -0.1) is 11.3 Å². The van der Waals surface area contributed by atoms with Crippen LogP contribution in [-0.4, -0.2) is 27.7 Å². The molecule has 3 heterocycles. The molecule has 2 aromatic carbocycles. The molecule has 0 aliphatic carbocycles. The van der Waals surface area contributed by atoms with E-state index in [-0.39, 0.29) is 28.9 Å². The maximum absolute atomic E-state index is 13.2. The molecule has 1 N–H and O–H groups in total. The van der Waals surface area contributed by atoms with Crippen molar-refractivity contribution in [2.24, 2.45) is 0 Å². The molecule has 1 aliphatic heterocycles. The summed E-state index contributed by atoms with van der Waals surface area (Å²) in [5, 5.41) is 5.44. The number of hydrogen-bond acceptors (Lipinski definition) is 6. The van der Waals surface area contributed by atoms with Crippen molar-refractivity contribution in [1.29, 1.82) is 0 Å². The van der Waals surface area contributed by atoms with E-state index < -0.39 is 23.5 Å². The van der Waals surface area contributed by atoms with Crippen molar-refractivity contribution in [2.75, 3.05) is 4.90 Å². The number of rotatable bonds is 5. The lowest BCUT2D eigenvalue weighted by Crippen LogP contribution is -2.29. The molecule has 4 aromatic rings. The second kappa shape index (κ2) is 8.36. The molecule has 0 fully saturated rings. The monoisotopic (exact) mass is 458 g/mol. The van der Waals surface area contributed by atoms with Gasteiger partial charge in [-0.1, -0.05) is 0 Å². The summed E-state index contributed by atoms with van der Waals surface area (Å²) in [5.74, 6) is -1.94. The third-order valence-electron chi connectivity index (χ3n) is 5.12. The van der Waals surface area contributed by atoms with E-state index in [0.29, 0.717) is 5.69 Å². The molecule has 0 radical (unpaired) electrons. The number of fused-ring (bicyclic) bond motifs is 1. The molecule has 1 aliphatic rings. The number of hydrogen-bond donors (Lipinski definition) is 1. The lowest BCUT2D eigenvalue weighted by Gasteiger charge is -2.13. The molecule has 5 rings (SSSR count). The smallest absolute Gasteiger partial charge is 0.266 e. The molecule has 2 aromatic heterocycles. The quantitative estimate of drug-likeness (QED) is 0.455. The highest BCUT2D eigenvalue weighted by atomic mass is 32.1. The molecule has 162 valence electrons. The van der Waals surface area contributed by atoms with Gasteiger partial charge in [-0.05, 0) is 54.6 Å². The molecule has 0 spiro atoms. The topological polar surface area (TPSA) is 92.3 Å². The minimum Gasteiger partial charge on any atom is -0.346 e. The van der Waals surface area contributed by atoms with E-state index in [4.69, 9.17) is 0 Å². The number of imide groups is 1. The van der Waals surface area contributed by atoms with Crippen LogP contribution >= 0.6 is 11.3 Å². The van der Waals surface area contributed by atoms with Crippen molar-refractivity contribution in [1.82, 2.24) is 15.3 Å². The zero-order valence-electron chi connectivity index (χ0n) is 17.0. The van der Waals surface area contributed by atoms with Gasteiger partial charge in [0.15, 0.2) is 0 Å². The van der Waals surface area contributed by atoms with Gasteiger partial charge < -0.3 is 5.32 Å². The first-order chi connectivity index (χ1) is 16.0. The van der Waals surface area contributed by atoms with Crippen molar-refractivity contribution >= 4 is 34.7 Å². The zero-order chi connectivity index (χ0) is 22.9. The van der Waals surface area contributed by atoms with Gasteiger partial charge in [0.2, 0.25) is 0 Å². The summed E-state index contributed by atoms with van der Waals surface area (Å²) in [6, 6.07) is 13.2.